The van der Waals surface area contributed by atoms with Crippen molar-refractivity contribution in [2.75, 3.05) is 20.3 Å². The van der Waals surface area contributed by atoms with Crippen LogP contribution in [-0.4, -0.2) is 36.2 Å². The summed E-state index contributed by atoms with van der Waals surface area (Å²) in [6.07, 6.45) is 2.18. The van der Waals surface area contributed by atoms with E-state index in [4.69, 9.17) is 14.1 Å². The van der Waals surface area contributed by atoms with Gasteiger partial charge in [0.2, 0.25) is 5.89 Å². The van der Waals surface area contributed by atoms with Crippen molar-refractivity contribution in [3.63, 3.8) is 0 Å². The molecule has 0 N–H and O–H groups in total. The fourth-order valence-electron chi connectivity index (χ4n) is 3.51. The summed E-state index contributed by atoms with van der Waals surface area (Å²) >= 11 is 0. The maximum absolute atomic E-state index is 5.98. The highest BCUT2D eigenvalue weighted by atomic mass is 16.5. The van der Waals surface area contributed by atoms with Crippen LogP contribution >= 0.6 is 0 Å². The quantitative estimate of drug-likeness (QED) is 0.707. The van der Waals surface area contributed by atoms with Crippen LogP contribution in [0.4, 0.5) is 0 Å². The Kier molecular flexibility index (Phi) is 4.55. The summed E-state index contributed by atoms with van der Waals surface area (Å²) < 4.78 is 11.4. The van der Waals surface area contributed by atoms with Crippen LogP contribution in [0.5, 0.6) is 0 Å². The zero-order chi connectivity index (χ0) is 17.2. The first kappa shape index (κ1) is 16.3. The van der Waals surface area contributed by atoms with Gasteiger partial charge in [0.15, 0.2) is 0 Å². The number of aryl methyl sites for hydroxylation is 1. The van der Waals surface area contributed by atoms with Gasteiger partial charge in [0, 0.05) is 31.4 Å². The molecule has 1 aliphatic heterocycles. The number of hydrogen-bond acceptors (Lipinski definition) is 4. The molecule has 0 saturated carbocycles. The third kappa shape index (κ3) is 3.46. The van der Waals surface area contributed by atoms with Gasteiger partial charge in [-0.2, -0.15) is 0 Å². The maximum Gasteiger partial charge on any atom is 0.226 e. The zero-order valence-electron chi connectivity index (χ0n) is 14.9. The molecule has 0 amide bonds. The highest BCUT2D eigenvalue weighted by molar-refractivity contribution is 5.86. The predicted octanol–water partition coefficient (Wildman–Crippen LogP) is 4.41. The summed E-state index contributed by atoms with van der Waals surface area (Å²) in [7, 11) is 2.17. The Balaban J connectivity index is 1.56. The summed E-state index contributed by atoms with van der Waals surface area (Å²) in [5.74, 6) is 1.61. The lowest BCUT2D eigenvalue weighted by Gasteiger charge is -2.30. The lowest BCUT2D eigenvalue weighted by Crippen LogP contribution is -2.36. The van der Waals surface area contributed by atoms with E-state index >= 15 is 0 Å². The number of oxazole rings is 1. The van der Waals surface area contributed by atoms with Crippen molar-refractivity contribution in [2.45, 2.75) is 32.4 Å². The second kappa shape index (κ2) is 6.98. The second-order valence-corrected chi connectivity index (χ2v) is 6.84. The van der Waals surface area contributed by atoms with Crippen LogP contribution in [0.1, 0.15) is 24.3 Å². The van der Waals surface area contributed by atoms with Gasteiger partial charge in [-0.05, 0) is 49.7 Å². The molecule has 0 bridgehead atoms. The van der Waals surface area contributed by atoms with Crippen molar-refractivity contribution >= 4 is 10.8 Å². The van der Waals surface area contributed by atoms with Crippen LogP contribution in [0.15, 0.2) is 46.9 Å². The minimum Gasteiger partial charge on any atom is -0.441 e. The Morgan fingerprint density at radius 1 is 1.08 bits per heavy atom. The molecule has 4 rings (SSSR count). The van der Waals surface area contributed by atoms with E-state index in [-0.39, 0.29) is 0 Å². The van der Waals surface area contributed by atoms with Crippen LogP contribution < -0.4 is 0 Å². The Bertz CT molecular complexity index is 865. The van der Waals surface area contributed by atoms with Crippen molar-refractivity contribution in [3.8, 4) is 11.5 Å². The van der Waals surface area contributed by atoms with E-state index in [2.05, 4.69) is 54.4 Å². The van der Waals surface area contributed by atoms with E-state index in [1.165, 1.54) is 10.8 Å². The van der Waals surface area contributed by atoms with E-state index in [0.29, 0.717) is 11.9 Å². The molecule has 0 radical (unpaired) electrons. The average Bonchev–Trinajstić information content (AvgIpc) is 3.02. The zero-order valence-corrected chi connectivity index (χ0v) is 14.9. The molecule has 1 aliphatic rings. The lowest BCUT2D eigenvalue weighted by atomic mass is 10.1. The van der Waals surface area contributed by atoms with Crippen molar-refractivity contribution in [2.24, 2.45) is 0 Å². The fraction of sp³-hybridized carbons (Fsp3) is 0.381. The molecule has 4 nitrogen and oxygen atoms in total. The predicted molar refractivity (Wildman–Crippen MR) is 99.5 cm³/mol. The summed E-state index contributed by atoms with van der Waals surface area (Å²) in [6.45, 7) is 4.53. The van der Waals surface area contributed by atoms with Crippen molar-refractivity contribution in [3.05, 3.63) is 53.9 Å². The summed E-state index contributed by atoms with van der Waals surface area (Å²) in [4.78, 5) is 7.15. The van der Waals surface area contributed by atoms with Gasteiger partial charge in [0.05, 0.1) is 5.69 Å². The third-order valence-corrected chi connectivity index (χ3v) is 5.10. The molecule has 130 valence electrons. The van der Waals surface area contributed by atoms with Crippen LogP contribution in [0.25, 0.3) is 22.2 Å². The molecule has 3 aromatic rings. The van der Waals surface area contributed by atoms with Gasteiger partial charge in [-0.25, -0.2) is 4.98 Å². The first-order valence-corrected chi connectivity index (χ1v) is 8.94. The number of aromatic nitrogens is 1. The van der Waals surface area contributed by atoms with Crippen LogP contribution in [0.3, 0.4) is 0 Å². The minimum absolute atomic E-state index is 0.564. The maximum atomic E-state index is 5.98. The molecule has 1 aromatic heterocycles. The first-order valence-electron chi connectivity index (χ1n) is 8.94. The van der Waals surface area contributed by atoms with Crippen molar-refractivity contribution in [1.82, 2.24) is 9.88 Å². The van der Waals surface area contributed by atoms with E-state index in [1.54, 1.807) is 0 Å². The topological polar surface area (TPSA) is 38.5 Å². The van der Waals surface area contributed by atoms with Crippen LogP contribution in [-0.2, 0) is 11.3 Å². The molecule has 0 unspecified atom stereocenters. The van der Waals surface area contributed by atoms with E-state index in [0.717, 1.165) is 49.6 Å². The fourth-order valence-corrected chi connectivity index (χ4v) is 3.51. The highest BCUT2D eigenvalue weighted by Crippen LogP contribution is 2.26. The van der Waals surface area contributed by atoms with E-state index in [1.807, 2.05) is 6.92 Å². The molecule has 2 heterocycles. The first-order chi connectivity index (χ1) is 12.2. The van der Waals surface area contributed by atoms with E-state index < -0.39 is 0 Å². The monoisotopic (exact) mass is 336 g/mol. The number of benzene rings is 2. The average molecular weight is 336 g/mol. The van der Waals surface area contributed by atoms with Gasteiger partial charge in [-0.15, -0.1) is 0 Å². The van der Waals surface area contributed by atoms with Crippen LogP contribution in [0.2, 0.25) is 0 Å². The van der Waals surface area contributed by atoms with Crippen molar-refractivity contribution in [1.29, 1.82) is 0 Å². The number of fused-ring (bicyclic) bond motifs is 1. The molecule has 1 saturated heterocycles. The van der Waals surface area contributed by atoms with Gasteiger partial charge >= 0.3 is 0 Å². The molecule has 4 heteroatoms. The minimum atomic E-state index is 0.564. The normalized spacial score (nSPS) is 16.0. The summed E-state index contributed by atoms with van der Waals surface area (Å²) in [6, 6.07) is 15.3. The summed E-state index contributed by atoms with van der Waals surface area (Å²) in [5.41, 5.74) is 2.05. The molecule has 0 atom stereocenters. The van der Waals surface area contributed by atoms with Gasteiger partial charge in [0.25, 0.3) is 0 Å². The number of hydrogen-bond donors (Lipinski definition) is 0. The Hall–Kier alpha value is -2.17. The summed E-state index contributed by atoms with van der Waals surface area (Å²) in [5, 5.41) is 2.44. The Labute approximate surface area is 148 Å². The smallest absolute Gasteiger partial charge is 0.226 e. The van der Waals surface area contributed by atoms with Gasteiger partial charge in [-0.1, -0.05) is 30.3 Å². The molecule has 0 aliphatic carbocycles. The second-order valence-electron chi connectivity index (χ2n) is 6.84. The number of rotatable bonds is 4. The standard InChI is InChI=1S/C21H24N2O2/c1-15-20(14-23(2)19-9-11-24-12-10-19)22-21(25-15)18-8-7-16-5-3-4-6-17(16)13-18/h3-8,13,19H,9-12,14H2,1-2H3. The van der Waals surface area contributed by atoms with E-state index in [9.17, 15) is 0 Å². The molecule has 0 spiro atoms. The third-order valence-electron chi connectivity index (χ3n) is 5.10. The van der Waals surface area contributed by atoms with Crippen molar-refractivity contribution < 1.29 is 9.15 Å². The molecular weight excluding hydrogens is 312 g/mol. The molecule has 1 fully saturated rings. The Morgan fingerprint density at radius 3 is 2.64 bits per heavy atom. The molecule has 25 heavy (non-hydrogen) atoms. The van der Waals surface area contributed by atoms with Gasteiger partial charge in [0.1, 0.15) is 5.76 Å². The van der Waals surface area contributed by atoms with Gasteiger partial charge < -0.3 is 9.15 Å². The highest BCUT2D eigenvalue weighted by Gasteiger charge is 2.21. The SMILES string of the molecule is Cc1oc(-c2ccc3ccccc3c2)nc1CN(C)C1CCOCC1. The largest absolute Gasteiger partial charge is 0.441 e. The van der Waals surface area contributed by atoms with Crippen LogP contribution in [0, 0.1) is 6.92 Å². The lowest BCUT2D eigenvalue weighted by molar-refractivity contribution is 0.0402. The Morgan fingerprint density at radius 2 is 1.84 bits per heavy atom. The number of ether oxygens (including phenoxy) is 1. The van der Waals surface area contributed by atoms with Gasteiger partial charge in [-0.3, -0.25) is 4.90 Å². The molecule has 2 aromatic carbocycles. The molecular formula is C21H24N2O2. The number of nitrogens with zero attached hydrogens (tertiary/aromatic N) is 2.